The van der Waals surface area contributed by atoms with E-state index in [1.807, 2.05) is 49.4 Å². The number of benzene rings is 2. The van der Waals surface area contributed by atoms with E-state index in [9.17, 15) is 0 Å². The van der Waals surface area contributed by atoms with Crippen LogP contribution in [0.25, 0.3) is 0 Å². The van der Waals surface area contributed by atoms with Crippen LogP contribution in [0.1, 0.15) is 24.1 Å². The Hall–Kier alpha value is -1.98. The van der Waals surface area contributed by atoms with Crippen LogP contribution in [0.3, 0.4) is 0 Å². The lowest BCUT2D eigenvalue weighted by Gasteiger charge is -2.18. The van der Waals surface area contributed by atoms with Crippen LogP contribution in [0.2, 0.25) is 5.02 Å². The first-order chi connectivity index (χ1) is 11.1. The second-order valence-corrected chi connectivity index (χ2v) is 6.07. The van der Waals surface area contributed by atoms with Gasteiger partial charge in [-0.25, -0.2) is 0 Å². The first-order valence-electron chi connectivity index (χ1n) is 7.31. The highest BCUT2D eigenvalue weighted by molar-refractivity contribution is 7.80. The third-order valence-corrected chi connectivity index (χ3v) is 4.22. The van der Waals surface area contributed by atoms with E-state index in [0.717, 1.165) is 27.6 Å². The second-order valence-electron chi connectivity index (χ2n) is 5.26. The molecular formula is C17H17ClN2O2S. The normalized spacial score (nSPS) is 13.5. The van der Waals surface area contributed by atoms with E-state index in [-0.39, 0.29) is 12.8 Å². The van der Waals surface area contributed by atoms with Gasteiger partial charge in [0.05, 0.1) is 6.04 Å². The Balaban J connectivity index is 1.54. The van der Waals surface area contributed by atoms with Crippen molar-refractivity contribution in [1.29, 1.82) is 0 Å². The van der Waals surface area contributed by atoms with Crippen molar-refractivity contribution in [2.75, 3.05) is 6.79 Å². The molecule has 6 heteroatoms. The van der Waals surface area contributed by atoms with E-state index in [4.69, 9.17) is 33.3 Å². The van der Waals surface area contributed by atoms with Crippen LogP contribution in [0.15, 0.2) is 42.5 Å². The van der Waals surface area contributed by atoms with E-state index in [1.54, 1.807) is 0 Å². The van der Waals surface area contributed by atoms with Gasteiger partial charge in [-0.15, -0.1) is 0 Å². The summed E-state index contributed by atoms with van der Waals surface area (Å²) in [6.45, 7) is 2.91. The maximum atomic E-state index is 6.20. The van der Waals surface area contributed by atoms with Gasteiger partial charge in [0.25, 0.3) is 0 Å². The Morgan fingerprint density at radius 1 is 1.22 bits per heavy atom. The van der Waals surface area contributed by atoms with Crippen molar-refractivity contribution >= 4 is 28.9 Å². The summed E-state index contributed by atoms with van der Waals surface area (Å²) in [5.41, 5.74) is 2.09. The molecule has 0 fully saturated rings. The van der Waals surface area contributed by atoms with Gasteiger partial charge >= 0.3 is 0 Å². The first-order valence-corrected chi connectivity index (χ1v) is 8.09. The molecule has 0 bridgehead atoms. The molecule has 1 atom stereocenters. The molecule has 23 heavy (non-hydrogen) atoms. The number of hydrogen-bond donors (Lipinski definition) is 2. The zero-order chi connectivity index (χ0) is 16.2. The Labute approximate surface area is 145 Å². The van der Waals surface area contributed by atoms with Gasteiger partial charge < -0.3 is 20.1 Å². The highest BCUT2D eigenvalue weighted by atomic mass is 35.5. The van der Waals surface area contributed by atoms with Crippen LogP contribution < -0.4 is 20.1 Å². The second kappa shape index (κ2) is 7.06. The fraction of sp³-hybridized carbons (Fsp3) is 0.235. The minimum absolute atomic E-state index is 0.0282. The van der Waals surface area contributed by atoms with Crippen molar-refractivity contribution in [1.82, 2.24) is 10.6 Å². The van der Waals surface area contributed by atoms with Gasteiger partial charge in [0.15, 0.2) is 16.6 Å². The molecule has 0 amide bonds. The highest BCUT2D eigenvalue weighted by Crippen LogP contribution is 2.32. The summed E-state index contributed by atoms with van der Waals surface area (Å²) >= 11 is 11.6. The van der Waals surface area contributed by atoms with Crippen molar-refractivity contribution in [3.63, 3.8) is 0 Å². The third kappa shape index (κ3) is 3.86. The fourth-order valence-electron chi connectivity index (χ4n) is 2.38. The molecule has 0 aliphatic carbocycles. The summed E-state index contributed by atoms with van der Waals surface area (Å²) in [7, 11) is 0. The van der Waals surface area contributed by atoms with Crippen LogP contribution in [0.4, 0.5) is 0 Å². The largest absolute Gasteiger partial charge is 0.454 e. The predicted octanol–water partition coefficient (Wildman–Crippen LogP) is 3.79. The van der Waals surface area contributed by atoms with Crippen molar-refractivity contribution in [2.45, 2.75) is 19.5 Å². The van der Waals surface area contributed by atoms with E-state index >= 15 is 0 Å². The summed E-state index contributed by atoms with van der Waals surface area (Å²) < 4.78 is 10.7. The van der Waals surface area contributed by atoms with E-state index in [0.29, 0.717) is 11.7 Å². The average Bonchev–Trinajstić information content (AvgIpc) is 3.01. The van der Waals surface area contributed by atoms with E-state index in [2.05, 4.69) is 10.6 Å². The zero-order valence-corrected chi connectivity index (χ0v) is 14.2. The third-order valence-electron chi connectivity index (χ3n) is 3.61. The predicted molar refractivity (Wildman–Crippen MR) is 95.0 cm³/mol. The maximum Gasteiger partial charge on any atom is 0.231 e. The number of hydrogen-bond acceptors (Lipinski definition) is 3. The Morgan fingerprint density at radius 3 is 2.83 bits per heavy atom. The molecule has 1 aliphatic rings. The highest BCUT2D eigenvalue weighted by Gasteiger charge is 2.14. The van der Waals surface area contributed by atoms with Crippen molar-refractivity contribution in [2.24, 2.45) is 0 Å². The Bertz CT molecular complexity index is 723. The molecule has 1 heterocycles. The standard InChI is InChI=1S/C17H17ClN2O2S/c1-11(13-4-2-3-5-14(13)18)20-17(23)19-9-12-6-7-15-16(8-12)22-10-21-15/h2-8,11H,9-10H2,1H3,(H2,19,20,23)/t11-/m1/s1. The molecular weight excluding hydrogens is 332 g/mol. The average molecular weight is 349 g/mol. The van der Waals surface area contributed by atoms with Crippen LogP contribution in [0, 0.1) is 0 Å². The topological polar surface area (TPSA) is 42.5 Å². The minimum atomic E-state index is 0.0282. The quantitative estimate of drug-likeness (QED) is 0.823. The molecule has 0 radical (unpaired) electrons. The van der Waals surface area contributed by atoms with E-state index in [1.165, 1.54) is 0 Å². The first kappa shape index (κ1) is 15.9. The molecule has 120 valence electrons. The molecule has 4 nitrogen and oxygen atoms in total. The molecule has 0 saturated carbocycles. The van der Waals surface area contributed by atoms with Crippen molar-refractivity contribution in [3.8, 4) is 11.5 Å². The number of nitrogens with one attached hydrogen (secondary N) is 2. The van der Waals surface area contributed by atoms with Gasteiger partial charge in [-0.3, -0.25) is 0 Å². The zero-order valence-electron chi connectivity index (χ0n) is 12.6. The number of thiocarbonyl (C=S) groups is 1. The number of fused-ring (bicyclic) bond motifs is 1. The lowest BCUT2D eigenvalue weighted by molar-refractivity contribution is 0.174. The number of ether oxygens (including phenoxy) is 2. The number of halogens is 1. The molecule has 0 unspecified atom stereocenters. The fourth-order valence-corrected chi connectivity index (χ4v) is 2.93. The number of rotatable bonds is 4. The van der Waals surface area contributed by atoms with Gasteiger partial charge in [0, 0.05) is 11.6 Å². The van der Waals surface area contributed by atoms with Crippen molar-refractivity contribution in [3.05, 3.63) is 58.6 Å². The molecule has 0 spiro atoms. The summed E-state index contributed by atoms with van der Waals surface area (Å²) in [4.78, 5) is 0. The SMILES string of the molecule is C[C@@H](NC(=S)NCc1ccc2c(c1)OCO2)c1ccccc1Cl. The monoisotopic (exact) mass is 348 g/mol. The molecule has 2 aromatic rings. The Kier molecular flexibility index (Phi) is 4.88. The van der Waals surface area contributed by atoms with Crippen molar-refractivity contribution < 1.29 is 9.47 Å². The maximum absolute atomic E-state index is 6.20. The van der Waals surface area contributed by atoms with E-state index < -0.39 is 0 Å². The smallest absolute Gasteiger partial charge is 0.231 e. The van der Waals surface area contributed by atoms with Gasteiger partial charge in [0.2, 0.25) is 6.79 Å². The molecule has 1 aliphatic heterocycles. The summed E-state index contributed by atoms with van der Waals surface area (Å²) in [5.74, 6) is 1.55. The van der Waals surface area contributed by atoms with Crippen LogP contribution in [-0.4, -0.2) is 11.9 Å². The van der Waals surface area contributed by atoms with Gasteiger partial charge in [-0.1, -0.05) is 35.9 Å². The van der Waals surface area contributed by atoms with Gasteiger partial charge in [-0.05, 0) is 48.5 Å². The van der Waals surface area contributed by atoms with Crippen LogP contribution >= 0.6 is 23.8 Å². The summed E-state index contributed by atoms with van der Waals surface area (Å²) in [5, 5.41) is 7.74. The van der Waals surface area contributed by atoms with Gasteiger partial charge in [0.1, 0.15) is 0 Å². The minimum Gasteiger partial charge on any atom is -0.454 e. The molecule has 0 aromatic heterocycles. The summed E-state index contributed by atoms with van der Waals surface area (Å²) in [6, 6.07) is 13.6. The van der Waals surface area contributed by atoms with Gasteiger partial charge in [-0.2, -0.15) is 0 Å². The Morgan fingerprint density at radius 2 is 2.00 bits per heavy atom. The van der Waals surface area contributed by atoms with Crippen LogP contribution in [-0.2, 0) is 6.54 Å². The molecule has 0 saturated heterocycles. The molecule has 2 N–H and O–H groups in total. The lowest BCUT2D eigenvalue weighted by Crippen LogP contribution is -2.36. The lowest BCUT2D eigenvalue weighted by atomic mass is 10.1. The van der Waals surface area contributed by atoms with Crippen LogP contribution in [0.5, 0.6) is 11.5 Å². The molecule has 3 rings (SSSR count). The molecule has 2 aromatic carbocycles. The summed E-state index contributed by atoms with van der Waals surface area (Å²) in [6.07, 6.45) is 0.